The molecule has 86 valence electrons. The molecule has 0 aliphatic rings. The topological polar surface area (TPSA) is 47.3 Å². The lowest BCUT2D eigenvalue weighted by Crippen LogP contribution is -2.21. The SMILES string of the molecule is COCC(O)Cn1ncc2ccc(F)cc21. The van der Waals surface area contributed by atoms with Crippen LogP contribution in [0.2, 0.25) is 0 Å². The van der Waals surface area contributed by atoms with Crippen molar-refractivity contribution >= 4 is 10.9 Å². The van der Waals surface area contributed by atoms with Gasteiger partial charge in [0, 0.05) is 12.5 Å². The van der Waals surface area contributed by atoms with Crippen LogP contribution in [0.15, 0.2) is 24.4 Å². The first-order valence-electron chi connectivity index (χ1n) is 4.99. The third-order valence-electron chi connectivity index (χ3n) is 2.35. The smallest absolute Gasteiger partial charge is 0.125 e. The summed E-state index contributed by atoms with van der Waals surface area (Å²) >= 11 is 0. The lowest BCUT2D eigenvalue weighted by Gasteiger charge is -2.10. The van der Waals surface area contributed by atoms with Crippen molar-refractivity contribution < 1.29 is 14.2 Å². The van der Waals surface area contributed by atoms with Gasteiger partial charge in [-0.05, 0) is 18.2 Å². The van der Waals surface area contributed by atoms with Crippen LogP contribution in [0.1, 0.15) is 0 Å². The quantitative estimate of drug-likeness (QED) is 0.848. The van der Waals surface area contributed by atoms with Crippen molar-refractivity contribution in [1.82, 2.24) is 9.78 Å². The summed E-state index contributed by atoms with van der Waals surface area (Å²) < 4.78 is 19.4. The molecule has 1 N–H and O–H groups in total. The minimum absolute atomic E-state index is 0.233. The molecule has 0 fully saturated rings. The number of rotatable bonds is 4. The first kappa shape index (κ1) is 11.0. The van der Waals surface area contributed by atoms with Crippen molar-refractivity contribution in [2.45, 2.75) is 12.6 Å². The van der Waals surface area contributed by atoms with Crippen LogP contribution in [0.3, 0.4) is 0 Å². The minimum atomic E-state index is -0.642. The Morgan fingerprint density at radius 3 is 3.12 bits per heavy atom. The van der Waals surface area contributed by atoms with Gasteiger partial charge in [-0.1, -0.05) is 0 Å². The van der Waals surface area contributed by atoms with Crippen LogP contribution in [0.5, 0.6) is 0 Å². The fourth-order valence-electron chi connectivity index (χ4n) is 1.63. The molecular weight excluding hydrogens is 211 g/mol. The predicted molar refractivity (Wildman–Crippen MR) is 57.6 cm³/mol. The zero-order valence-corrected chi connectivity index (χ0v) is 8.93. The second-order valence-corrected chi connectivity index (χ2v) is 3.64. The van der Waals surface area contributed by atoms with E-state index in [1.165, 1.54) is 19.2 Å². The molecule has 2 aromatic rings. The number of ether oxygens (including phenoxy) is 1. The Labute approximate surface area is 92.3 Å². The van der Waals surface area contributed by atoms with E-state index in [4.69, 9.17) is 4.74 Å². The molecule has 0 radical (unpaired) electrons. The third kappa shape index (κ3) is 2.20. The van der Waals surface area contributed by atoms with Crippen molar-refractivity contribution in [2.24, 2.45) is 0 Å². The Kier molecular flexibility index (Phi) is 3.17. The number of aliphatic hydroxyl groups is 1. The highest BCUT2D eigenvalue weighted by molar-refractivity contribution is 5.78. The van der Waals surface area contributed by atoms with Crippen LogP contribution >= 0.6 is 0 Å². The molecule has 0 amide bonds. The standard InChI is InChI=1S/C11H13FN2O2/c1-16-7-10(15)6-14-11-4-9(12)3-2-8(11)5-13-14/h2-5,10,15H,6-7H2,1H3. The van der Waals surface area contributed by atoms with Crippen molar-refractivity contribution in [1.29, 1.82) is 0 Å². The van der Waals surface area contributed by atoms with Crippen LogP contribution in [0.25, 0.3) is 10.9 Å². The van der Waals surface area contributed by atoms with Crippen molar-refractivity contribution in [3.63, 3.8) is 0 Å². The van der Waals surface area contributed by atoms with Crippen molar-refractivity contribution in [3.05, 3.63) is 30.2 Å². The van der Waals surface area contributed by atoms with Gasteiger partial charge in [0.05, 0.1) is 31.0 Å². The van der Waals surface area contributed by atoms with Gasteiger partial charge < -0.3 is 9.84 Å². The van der Waals surface area contributed by atoms with Gasteiger partial charge in [0.1, 0.15) is 5.82 Å². The minimum Gasteiger partial charge on any atom is -0.389 e. The molecule has 0 bridgehead atoms. The Hall–Kier alpha value is -1.46. The van der Waals surface area contributed by atoms with Crippen LogP contribution in [-0.4, -0.2) is 34.7 Å². The van der Waals surface area contributed by atoms with E-state index in [9.17, 15) is 9.50 Å². The van der Waals surface area contributed by atoms with Gasteiger partial charge in [-0.3, -0.25) is 4.68 Å². The molecule has 1 atom stereocenters. The van der Waals surface area contributed by atoms with E-state index in [1.807, 2.05) is 0 Å². The number of nitrogens with zero attached hydrogens (tertiary/aromatic N) is 2. The summed E-state index contributed by atoms with van der Waals surface area (Å²) in [7, 11) is 1.52. The van der Waals surface area contributed by atoms with E-state index in [-0.39, 0.29) is 12.4 Å². The van der Waals surface area contributed by atoms with E-state index in [0.29, 0.717) is 12.1 Å². The maximum atomic E-state index is 13.1. The number of benzene rings is 1. The van der Waals surface area contributed by atoms with E-state index in [2.05, 4.69) is 5.10 Å². The summed E-state index contributed by atoms with van der Waals surface area (Å²) in [5.74, 6) is -0.310. The Morgan fingerprint density at radius 1 is 1.56 bits per heavy atom. The van der Waals surface area contributed by atoms with Gasteiger partial charge >= 0.3 is 0 Å². The van der Waals surface area contributed by atoms with Crippen LogP contribution in [0, 0.1) is 5.82 Å². The van der Waals surface area contributed by atoms with Crippen LogP contribution in [0.4, 0.5) is 4.39 Å². The highest BCUT2D eigenvalue weighted by Gasteiger charge is 2.09. The van der Waals surface area contributed by atoms with Crippen LogP contribution in [-0.2, 0) is 11.3 Å². The fourth-order valence-corrected chi connectivity index (χ4v) is 1.63. The molecule has 1 aromatic heterocycles. The first-order valence-corrected chi connectivity index (χ1v) is 4.99. The van der Waals surface area contributed by atoms with Crippen LogP contribution < -0.4 is 0 Å². The molecule has 16 heavy (non-hydrogen) atoms. The van der Waals surface area contributed by atoms with E-state index in [0.717, 1.165) is 5.39 Å². The van der Waals surface area contributed by atoms with Gasteiger partial charge in [0.25, 0.3) is 0 Å². The molecule has 4 nitrogen and oxygen atoms in total. The van der Waals surface area contributed by atoms with Gasteiger partial charge in [-0.2, -0.15) is 5.10 Å². The second-order valence-electron chi connectivity index (χ2n) is 3.64. The Bertz CT molecular complexity index is 484. The number of aliphatic hydroxyl groups excluding tert-OH is 1. The summed E-state index contributed by atoms with van der Waals surface area (Å²) in [6.45, 7) is 0.525. The van der Waals surface area contributed by atoms with E-state index in [1.54, 1.807) is 16.9 Å². The van der Waals surface area contributed by atoms with Crippen molar-refractivity contribution in [3.8, 4) is 0 Å². The molecule has 0 saturated carbocycles. The number of hydrogen-bond acceptors (Lipinski definition) is 3. The summed E-state index contributed by atoms with van der Waals surface area (Å²) in [6.07, 6.45) is 1.00. The zero-order chi connectivity index (χ0) is 11.5. The normalized spacial score (nSPS) is 13.2. The molecule has 5 heteroatoms. The highest BCUT2D eigenvalue weighted by atomic mass is 19.1. The first-order chi connectivity index (χ1) is 7.70. The summed E-state index contributed by atoms with van der Waals surface area (Å²) in [6, 6.07) is 4.46. The molecule has 1 heterocycles. The van der Waals surface area contributed by atoms with E-state index >= 15 is 0 Å². The highest BCUT2D eigenvalue weighted by Crippen LogP contribution is 2.15. The molecular formula is C11H13FN2O2. The zero-order valence-electron chi connectivity index (χ0n) is 8.93. The van der Waals surface area contributed by atoms with Gasteiger partial charge in [-0.15, -0.1) is 0 Å². The molecule has 0 aliphatic heterocycles. The Balaban J connectivity index is 2.27. The average Bonchev–Trinajstić information content (AvgIpc) is 2.61. The lowest BCUT2D eigenvalue weighted by molar-refractivity contribution is 0.0522. The molecule has 0 spiro atoms. The summed E-state index contributed by atoms with van der Waals surface area (Å²) in [4.78, 5) is 0. The number of aromatic nitrogens is 2. The fraction of sp³-hybridized carbons (Fsp3) is 0.364. The molecule has 0 aliphatic carbocycles. The predicted octanol–water partition coefficient (Wildman–Crippen LogP) is 1.18. The number of fused-ring (bicyclic) bond motifs is 1. The Morgan fingerprint density at radius 2 is 2.38 bits per heavy atom. The van der Waals surface area contributed by atoms with Crippen molar-refractivity contribution in [2.75, 3.05) is 13.7 Å². The molecule has 1 aromatic carbocycles. The van der Waals surface area contributed by atoms with Gasteiger partial charge in [0.15, 0.2) is 0 Å². The summed E-state index contributed by atoms with van der Waals surface area (Å²) in [5.41, 5.74) is 0.676. The largest absolute Gasteiger partial charge is 0.389 e. The lowest BCUT2D eigenvalue weighted by atomic mass is 10.2. The van der Waals surface area contributed by atoms with Gasteiger partial charge in [-0.25, -0.2) is 4.39 Å². The van der Waals surface area contributed by atoms with E-state index < -0.39 is 6.10 Å². The molecule has 0 saturated heterocycles. The number of hydrogen-bond donors (Lipinski definition) is 1. The molecule has 2 rings (SSSR count). The van der Waals surface area contributed by atoms with Gasteiger partial charge in [0.2, 0.25) is 0 Å². The monoisotopic (exact) mass is 224 g/mol. The maximum absolute atomic E-state index is 13.1. The summed E-state index contributed by atoms with van der Waals surface area (Å²) in [5, 5.41) is 14.5. The second kappa shape index (κ2) is 4.59. The number of halogens is 1. The maximum Gasteiger partial charge on any atom is 0.125 e. The average molecular weight is 224 g/mol. The third-order valence-corrected chi connectivity index (χ3v) is 2.35. The molecule has 1 unspecified atom stereocenters. The number of methoxy groups -OCH3 is 1.